The van der Waals surface area contributed by atoms with Crippen molar-refractivity contribution in [2.45, 2.75) is 44.7 Å². The number of pyridine rings is 1. The highest BCUT2D eigenvalue weighted by Crippen LogP contribution is 2.30. The third-order valence-electron chi connectivity index (χ3n) is 8.52. The second kappa shape index (κ2) is 13.7. The van der Waals surface area contributed by atoms with Gasteiger partial charge in [0.2, 0.25) is 0 Å². The summed E-state index contributed by atoms with van der Waals surface area (Å²) in [4.78, 5) is 35.0. The van der Waals surface area contributed by atoms with E-state index in [0.717, 1.165) is 48.3 Å². The van der Waals surface area contributed by atoms with Crippen LogP contribution in [0.3, 0.4) is 0 Å². The fraction of sp³-hybridized carbons (Fsp3) is 0.353. The molecule has 10 nitrogen and oxygen atoms in total. The number of hydrogen-bond donors (Lipinski definition) is 2. The highest BCUT2D eigenvalue weighted by atomic mass is 16.5. The number of rotatable bonds is 8. The van der Waals surface area contributed by atoms with E-state index in [1.807, 2.05) is 71.8 Å². The first-order valence-corrected chi connectivity index (χ1v) is 15.4. The predicted octanol–water partition coefficient (Wildman–Crippen LogP) is 5.36. The SMILES string of the molecule is COc1cccc(-c2cn(-c3ccc(NC(=O)NCc4cccnc4)cc3)nc2C(=O)N2CCC(N3CCCCC3)CC2)c1. The fourth-order valence-corrected chi connectivity index (χ4v) is 6.09. The van der Waals surface area contributed by atoms with Gasteiger partial charge in [-0.15, -0.1) is 0 Å². The lowest BCUT2D eigenvalue weighted by Crippen LogP contribution is -2.48. The maximum atomic E-state index is 14.0. The molecule has 0 bridgehead atoms. The van der Waals surface area contributed by atoms with Crippen LogP contribution in [0.2, 0.25) is 0 Å². The summed E-state index contributed by atoms with van der Waals surface area (Å²) in [6, 6.07) is 19.1. The monoisotopic (exact) mass is 593 g/mol. The van der Waals surface area contributed by atoms with Crippen LogP contribution in [0, 0.1) is 0 Å². The first kappa shape index (κ1) is 29.4. The summed E-state index contributed by atoms with van der Waals surface area (Å²) in [5.74, 6) is 0.662. The molecule has 228 valence electrons. The normalized spacial score (nSPS) is 16.0. The average molecular weight is 594 g/mol. The largest absolute Gasteiger partial charge is 0.497 e. The quantitative estimate of drug-likeness (QED) is 0.285. The molecule has 6 rings (SSSR count). The number of hydrogen-bond acceptors (Lipinski definition) is 6. The van der Waals surface area contributed by atoms with E-state index in [1.54, 1.807) is 24.2 Å². The van der Waals surface area contributed by atoms with Crippen LogP contribution < -0.4 is 15.4 Å². The molecular formula is C34H39N7O3. The summed E-state index contributed by atoms with van der Waals surface area (Å²) in [5, 5.41) is 10.5. The van der Waals surface area contributed by atoms with Gasteiger partial charge in [-0.1, -0.05) is 24.6 Å². The molecule has 4 heterocycles. The van der Waals surface area contributed by atoms with Gasteiger partial charge in [0.05, 0.1) is 12.8 Å². The Bertz CT molecular complexity index is 1560. The fourth-order valence-electron chi connectivity index (χ4n) is 6.09. The van der Waals surface area contributed by atoms with Crippen molar-refractivity contribution in [1.82, 2.24) is 29.9 Å². The molecule has 0 radical (unpaired) electrons. The number of methoxy groups -OCH3 is 1. The van der Waals surface area contributed by atoms with Crippen molar-refractivity contribution in [2.75, 3.05) is 38.6 Å². The van der Waals surface area contributed by atoms with Crippen molar-refractivity contribution in [1.29, 1.82) is 0 Å². The van der Waals surface area contributed by atoms with Crippen molar-refractivity contribution < 1.29 is 14.3 Å². The third kappa shape index (κ3) is 6.92. The number of aromatic nitrogens is 3. The number of nitrogens with zero attached hydrogens (tertiary/aromatic N) is 5. The Morgan fingerprint density at radius 2 is 1.75 bits per heavy atom. The van der Waals surface area contributed by atoms with Crippen LogP contribution in [0.1, 0.15) is 48.2 Å². The highest BCUT2D eigenvalue weighted by molar-refractivity contribution is 5.99. The number of anilines is 1. The summed E-state index contributed by atoms with van der Waals surface area (Å²) < 4.78 is 7.20. The molecular weight excluding hydrogens is 554 g/mol. The van der Waals surface area contributed by atoms with Crippen LogP contribution in [-0.4, -0.2) is 75.8 Å². The second-order valence-electron chi connectivity index (χ2n) is 11.4. The van der Waals surface area contributed by atoms with E-state index in [2.05, 4.69) is 20.5 Å². The number of piperidine rings is 2. The number of carbonyl (C=O) groups excluding carboxylic acids is 2. The van der Waals surface area contributed by atoms with E-state index in [1.165, 1.54) is 32.4 Å². The van der Waals surface area contributed by atoms with Gasteiger partial charge in [-0.3, -0.25) is 9.78 Å². The van der Waals surface area contributed by atoms with Crippen molar-refractivity contribution in [3.63, 3.8) is 0 Å². The Labute approximate surface area is 258 Å². The summed E-state index contributed by atoms with van der Waals surface area (Å²) >= 11 is 0. The van der Waals surface area contributed by atoms with Gasteiger partial charge < -0.3 is 25.2 Å². The Kier molecular flexibility index (Phi) is 9.17. The molecule has 2 fully saturated rings. The smallest absolute Gasteiger partial charge is 0.319 e. The van der Waals surface area contributed by atoms with Crippen LogP contribution in [-0.2, 0) is 6.54 Å². The summed E-state index contributed by atoms with van der Waals surface area (Å²) in [7, 11) is 1.63. The molecule has 2 aliphatic heterocycles. The van der Waals surface area contributed by atoms with Gasteiger partial charge in [-0.2, -0.15) is 5.10 Å². The molecule has 3 amide bonds. The molecule has 2 saturated heterocycles. The molecule has 10 heteroatoms. The Morgan fingerprint density at radius 3 is 2.48 bits per heavy atom. The first-order chi connectivity index (χ1) is 21.6. The zero-order chi connectivity index (χ0) is 30.3. The summed E-state index contributed by atoms with van der Waals surface area (Å²) in [6.45, 7) is 4.19. The minimum Gasteiger partial charge on any atom is -0.497 e. The number of carbonyl (C=O) groups is 2. The zero-order valence-corrected chi connectivity index (χ0v) is 25.1. The topological polar surface area (TPSA) is 105 Å². The van der Waals surface area contributed by atoms with Crippen LogP contribution in [0.5, 0.6) is 5.75 Å². The molecule has 2 N–H and O–H groups in total. The lowest BCUT2D eigenvalue weighted by molar-refractivity contribution is 0.0585. The number of likely N-dealkylation sites (tertiary alicyclic amines) is 2. The third-order valence-corrected chi connectivity index (χ3v) is 8.52. The van der Waals surface area contributed by atoms with Crippen LogP contribution in [0.4, 0.5) is 10.5 Å². The van der Waals surface area contributed by atoms with Gasteiger partial charge in [0.15, 0.2) is 5.69 Å². The zero-order valence-electron chi connectivity index (χ0n) is 25.1. The van der Waals surface area contributed by atoms with Crippen molar-refractivity contribution in [3.05, 3.63) is 90.5 Å². The van der Waals surface area contributed by atoms with E-state index in [-0.39, 0.29) is 11.9 Å². The lowest BCUT2D eigenvalue weighted by atomic mass is 9.99. The molecule has 0 spiro atoms. The van der Waals surface area contributed by atoms with Gasteiger partial charge in [-0.05, 0) is 92.4 Å². The number of amides is 3. The summed E-state index contributed by atoms with van der Waals surface area (Å²) in [6.07, 6.45) is 11.2. The molecule has 2 aromatic heterocycles. The molecule has 0 saturated carbocycles. The van der Waals surface area contributed by atoms with Gasteiger partial charge in [-0.25, -0.2) is 9.48 Å². The number of benzene rings is 2. The molecule has 0 atom stereocenters. The van der Waals surface area contributed by atoms with E-state index < -0.39 is 0 Å². The Morgan fingerprint density at radius 1 is 0.955 bits per heavy atom. The Balaban J connectivity index is 1.18. The van der Waals surface area contributed by atoms with Crippen molar-refractivity contribution in [2.24, 2.45) is 0 Å². The number of urea groups is 1. The van der Waals surface area contributed by atoms with E-state index in [0.29, 0.717) is 29.7 Å². The van der Waals surface area contributed by atoms with Crippen LogP contribution in [0.15, 0.2) is 79.3 Å². The average Bonchev–Trinajstić information content (AvgIpc) is 3.54. The van der Waals surface area contributed by atoms with Crippen LogP contribution >= 0.6 is 0 Å². The summed E-state index contributed by atoms with van der Waals surface area (Å²) in [5.41, 5.74) is 4.38. The van der Waals surface area contributed by atoms with E-state index in [4.69, 9.17) is 9.84 Å². The lowest BCUT2D eigenvalue weighted by Gasteiger charge is -2.40. The number of nitrogens with one attached hydrogen (secondary N) is 2. The van der Waals surface area contributed by atoms with Crippen molar-refractivity contribution >= 4 is 17.6 Å². The van der Waals surface area contributed by atoms with E-state index >= 15 is 0 Å². The van der Waals surface area contributed by atoms with Crippen LogP contribution in [0.25, 0.3) is 16.8 Å². The first-order valence-electron chi connectivity index (χ1n) is 15.4. The standard InChI is InChI=1S/C34H39N7O3/c1-44-30-9-5-8-26(21-30)31-24-41(29-12-10-27(11-13-29)37-34(43)36-23-25-7-6-16-35-22-25)38-32(31)33(42)40-19-14-28(15-20-40)39-17-3-2-4-18-39/h5-13,16,21-22,24,28H,2-4,14-15,17-20,23H2,1H3,(H2,36,37,43). The van der Waals surface area contributed by atoms with Gasteiger partial charge in [0.1, 0.15) is 5.75 Å². The minimum atomic E-state index is -0.307. The number of ether oxygens (including phenoxy) is 1. The molecule has 4 aromatic rings. The van der Waals surface area contributed by atoms with Crippen molar-refractivity contribution in [3.8, 4) is 22.6 Å². The highest BCUT2D eigenvalue weighted by Gasteiger charge is 2.30. The molecule has 0 unspecified atom stereocenters. The van der Waals surface area contributed by atoms with Gasteiger partial charge >= 0.3 is 6.03 Å². The maximum absolute atomic E-state index is 14.0. The second-order valence-corrected chi connectivity index (χ2v) is 11.4. The predicted molar refractivity (Wildman–Crippen MR) is 170 cm³/mol. The van der Waals surface area contributed by atoms with Gasteiger partial charge in [0.25, 0.3) is 5.91 Å². The van der Waals surface area contributed by atoms with Gasteiger partial charge in [0, 0.05) is 55.5 Å². The Hall–Kier alpha value is -4.70. The maximum Gasteiger partial charge on any atom is 0.319 e. The molecule has 2 aromatic carbocycles. The minimum absolute atomic E-state index is 0.0535. The van der Waals surface area contributed by atoms with E-state index in [9.17, 15) is 9.59 Å². The molecule has 2 aliphatic rings. The molecule has 0 aliphatic carbocycles. The molecule has 44 heavy (non-hydrogen) atoms.